The van der Waals surface area contributed by atoms with Crippen molar-refractivity contribution in [3.8, 4) is 11.8 Å². The van der Waals surface area contributed by atoms with E-state index in [1.54, 1.807) is 0 Å². The molecule has 14 heavy (non-hydrogen) atoms. The van der Waals surface area contributed by atoms with Crippen molar-refractivity contribution in [1.29, 1.82) is 5.26 Å². The normalized spacial score (nSPS) is 10.0. The van der Waals surface area contributed by atoms with E-state index >= 15 is 0 Å². The van der Waals surface area contributed by atoms with Crippen LogP contribution in [0.3, 0.4) is 0 Å². The molecule has 6 heteroatoms. The number of nitrogens with zero attached hydrogens (tertiary/aromatic N) is 1. The maximum Gasteiger partial charge on any atom is 0.387 e. The van der Waals surface area contributed by atoms with Crippen LogP contribution in [0.15, 0.2) is 21.1 Å². The highest BCUT2D eigenvalue weighted by molar-refractivity contribution is 9.11. The third kappa shape index (κ3) is 2.42. The summed E-state index contributed by atoms with van der Waals surface area (Å²) in [5.41, 5.74) is 0.240. The van der Waals surface area contributed by atoms with E-state index in [-0.39, 0.29) is 15.8 Å². The minimum Gasteiger partial charge on any atom is -0.432 e. The van der Waals surface area contributed by atoms with Crippen molar-refractivity contribution in [2.45, 2.75) is 6.61 Å². The lowest BCUT2D eigenvalue weighted by Crippen LogP contribution is -2.03. The molecule has 0 radical (unpaired) electrons. The molecule has 0 unspecified atom stereocenters. The molecule has 1 aromatic carbocycles. The molecule has 0 atom stereocenters. The lowest BCUT2D eigenvalue weighted by Gasteiger charge is -2.09. The fourth-order valence-corrected chi connectivity index (χ4v) is 2.03. The summed E-state index contributed by atoms with van der Waals surface area (Å²) in [5.74, 6) is -0.0703. The maximum atomic E-state index is 12.0. The molecule has 0 bridgehead atoms. The van der Waals surface area contributed by atoms with Crippen LogP contribution in [0.2, 0.25) is 0 Å². The van der Waals surface area contributed by atoms with Gasteiger partial charge < -0.3 is 4.74 Å². The van der Waals surface area contributed by atoms with Crippen molar-refractivity contribution >= 4 is 31.9 Å². The monoisotopic (exact) mass is 325 g/mol. The number of nitriles is 1. The molecule has 0 N–H and O–H groups in total. The van der Waals surface area contributed by atoms with Crippen LogP contribution in [-0.4, -0.2) is 6.61 Å². The molecule has 0 saturated carbocycles. The number of hydrogen-bond acceptors (Lipinski definition) is 2. The second-order valence-electron chi connectivity index (χ2n) is 2.23. The minimum atomic E-state index is -2.92. The summed E-state index contributed by atoms with van der Waals surface area (Å²) in [6.07, 6.45) is 0. The summed E-state index contributed by atoms with van der Waals surface area (Å²) in [6, 6.07) is 4.81. The first-order valence-electron chi connectivity index (χ1n) is 3.39. The predicted octanol–water partition coefficient (Wildman–Crippen LogP) is 3.68. The fraction of sp³-hybridized carbons (Fsp3) is 0.125. The molecule has 0 heterocycles. The van der Waals surface area contributed by atoms with E-state index in [0.29, 0.717) is 4.47 Å². The number of benzene rings is 1. The topological polar surface area (TPSA) is 33.0 Å². The smallest absolute Gasteiger partial charge is 0.387 e. The number of halogens is 4. The Morgan fingerprint density at radius 3 is 2.50 bits per heavy atom. The number of ether oxygens (including phenoxy) is 1. The fourth-order valence-electron chi connectivity index (χ4n) is 0.816. The van der Waals surface area contributed by atoms with Crippen molar-refractivity contribution in [3.63, 3.8) is 0 Å². The lowest BCUT2D eigenvalue weighted by atomic mass is 10.2. The van der Waals surface area contributed by atoms with Crippen LogP contribution in [0.5, 0.6) is 5.75 Å². The zero-order chi connectivity index (χ0) is 10.7. The van der Waals surface area contributed by atoms with Crippen LogP contribution in [0.1, 0.15) is 5.56 Å². The van der Waals surface area contributed by atoms with E-state index in [1.165, 1.54) is 12.1 Å². The quantitative estimate of drug-likeness (QED) is 0.830. The number of alkyl halides is 2. The second-order valence-corrected chi connectivity index (χ2v) is 3.88. The molecule has 0 aromatic heterocycles. The van der Waals surface area contributed by atoms with E-state index < -0.39 is 6.61 Å². The van der Waals surface area contributed by atoms with Gasteiger partial charge in [-0.05, 0) is 44.0 Å². The molecule has 0 aliphatic carbocycles. The van der Waals surface area contributed by atoms with E-state index in [2.05, 4.69) is 36.6 Å². The van der Waals surface area contributed by atoms with Crippen LogP contribution in [0, 0.1) is 11.3 Å². The highest BCUT2D eigenvalue weighted by atomic mass is 79.9. The van der Waals surface area contributed by atoms with Gasteiger partial charge in [0.05, 0.1) is 14.5 Å². The third-order valence-corrected chi connectivity index (χ3v) is 2.79. The van der Waals surface area contributed by atoms with E-state index in [4.69, 9.17) is 5.26 Å². The highest BCUT2D eigenvalue weighted by Gasteiger charge is 2.14. The molecule has 2 nitrogen and oxygen atoms in total. The van der Waals surface area contributed by atoms with E-state index in [9.17, 15) is 8.78 Å². The van der Waals surface area contributed by atoms with Crippen molar-refractivity contribution in [3.05, 3.63) is 26.6 Å². The van der Waals surface area contributed by atoms with Gasteiger partial charge in [-0.2, -0.15) is 14.0 Å². The van der Waals surface area contributed by atoms with E-state index in [1.807, 2.05) is 6.07 Å². The SMILES string of the molecule is N#Cc1ccc(Br)c(OC(F)F)c1Br. The van der Waals surface area contributed by atoms with Gasteiger partial charge in [0.15, 0.2) is 5.75 Å². The van der Waals surface area contributed by atoms with Gasteiger partial charge >= 0.3 is 6.61 Å². The summed E-state index contributed by atoms with van der Waals surface area (Å²) in [6.45, 7) is -2.92. The van der Waals surface area contributed by atoms with Crippen LogP contribution in [0.4, 0.5) is 8.78 Å². The molecule has 0 saturated heterocycles. The van der Waals surface area contributed by atoms with Crippen molar-refractivity contribution in [1.82, 2.24) is 0 Å². The van der Waals surface area contributed by atoms with Crippen molar-refractivity contribution < 1.29 is 13.5 Å². The zero-order valence-corrected chi connectivity index (χ0v) is 9.77. The van der Waals surface area contributed by atoms with Gasteiger partial charge in [-0.1, -0.05) is 0 Å². The molecule has 0 spiro atoms. The van der Waals surface area contributed by atoms with Gasteiger partial charge in [0, 0.05) is 0 Å². The maximum absolute atomic E-state index is 12.0. The minimum absolute atomic E-state index is 0.0703. The number of rotatable bonds is 2. The molecule has 1 rings (SSSR count). The molecule has 0 fully saturated rings. The van der Waals surface area contributed by atoms with Crippen molar-refractivity contribution in [2.24, 2.45) is 0 Å². The molecule has 0 amide bonds. The highest BCUT2D eigenvalue weighted by Crippen LogP contribution is 2.36. The van der Waals surface area contributed by atoms with Crippen LogP contribution in [-0.2, 0) is 0 Å². The Morgan fingerprint density at radius 2 is 2.00 bits per heavy atom. The summed E-state index contributed by atoms with van der Waals surface area (Å²) in [5, 5.41) is 8.63. The Balaban J connectivity index is 3.20. The van der Waals surface area contributed by atoms with E-state index in [0.717, 1.165) is 0 Å². The standard InChI is InChI=1S/C8H3Br2F2NO/c9-5-2-1-4(3-13)6(10)7(5)14-8(11)12/h1-2,8H. The first-order valence-corrected chi connectivity index (χ1v) is 4.97. The molecule has 1 aromatic rings. The van der Waals surface area contributed by atoms with Crippen LogP contribution < -0.4 is 4.74 Å². The Hall–Kier alpha value is -0.670. The van der Waals surface area contributed by atoms with Gasteiger partial charge in [0.2, 0.25) is 0 Å². The van der Waals surface area contributed by atoms with Crippen LogP contribution >= 0.6 is 31.9 Å². The summed E-state index contributed by atoms with van der Waals surface area (Å²) < 4.78 is 28.8. The lowest BCUT2D eigenvalue weighted by molar-refractivity contribution is -0.0508. The average molecular weight is 327 g/mol. The van der Waals surface area contributed by atoms with Crippen LogP contribution in [0.25, 0.3) is 0 Å². The van der Waals surface area contributed by atoms with Gasteiger partial charge in [0.1, 0.15) is 6.07 Å². The Morgan fingerprint density at radius 1 is 1.36 bits per heavy atom. The molecular formula is C8H3Br2F2NO. The second kappa shape index (κ2) is 4.71. The Labute approximate surface area is 95.7 Å². The molecule has 74 valence electrons. The van der Waals surface area contributed by atoms with Gasteiger partial charge in [0.25, 0.3) is 0 Å². The Kier molecular flexibility index (Phi) is 3.84. The number of hydrogen-bond donors (Lipinski definition) is 0. The third-order valence-electron chi connectivity index (χ3n) is 1.38. The molecular weight excluding hydrogens is 324 g/mol. The zero-order valence-electron chi connectivity index (χ0n) is 6.60. The largest absolute Gasteiger partial charge is 0.432 e. The van der Waals surface area contributed by atoms with Gasteiger partial charge in [-0.3, -0.25) is 0 Å². The Bertz CT molecular complexity index is 390. The molecule has 0 aliphatic heterocycles. The summed E-state index contributed by atoms with van der Waals surface area (Å²) in [7, 11) is 0. The van der Waals surface area contributed by atoms with Crippen molar-refractivity contribution in [2.75, 3.05) is 0 Å². The van der Waals surface area contributed by atoms with Gasteiger partial charge in [-0.15, -0.1) is 0 Å². The molecule has 0 aliphatic rings. The summed E-state index contributed by atoms with van der Waals surface area (Å²) >= 11 is 6.05. The predicted molar refractivity (Wildman–Crippen MR) is 53.2 cm³/mol. The van der Waals surface area contributed by atoms with Gasteiger partial charge in [-0.25, -0.2) is 0 Å². The summed E-state index contributed by atoms with van der Waals surface area (Å²) in [4.78, 5) is 0. The first-order chi connectivity index (χ1) is 6.56. The average Bonchev–Trinajstić information content (AvgIpc) is 2.12. The first kappa shape index (κ1) is 11.4.